The number of aliphatic hydroxyl groups is 2. The number of nitrogens with zero attached hydrogens (tertiary/aromatic N) is 8. The predicted molar refractivity (Wildman–Crippen MR) is 181 cm³/mol. The molecule has 0 bridgehead atoms. The fraction of sp³-hybridized carbons (Fsp3) is 0.294. The summed E-state index contributed by atoms with van der Waals surface area (Å²) in [5.41, 5.74) is 6.79. The van der Waals surface area contributed by atoms with Crippen LogP contribution in [0.3, 0.4) is 0 Å². The van der Waals surface area contributed by atoms with E-state index in [1.165, 1.54) is 0 Å². The number of pyridine rings is 4. The van der Waals surface area contributed by atoms with E-state index < -0.39 is 20.5 Å². The molecule has 0 aromatic carbocycles. The molecule has 0 unspecified atom stereocenters. The number of hydrogen-bond donors (Lipinski definition) is 2. The molecule has 0 amide bonds. The quantitative estimate of drug-likeness (QED) is 0.170. The van der Waals surface area contributed by atoms with Crippen LogP contribution in [0.25, 0.3) is 22.3 Å². The summed E-state index contributed by atoms with van der Waals surface area (Å²) in [5, 5.41) is 14.0. The van der Waals surface area contributed by atoms with E-state index in [0.717, 1.165) is 36.5 Å². The van der Waals surface area contributed by atoms with E-state index in [2.05, 4.69) is 39.9 Å². The molecular weight excluding hydrogens is 871 g/mol. The predicted octanol–water partition coefficient (Wildman–Crippen LogP) is -6.90. The van der Waals surface area contributed by atoms with Gasteiger partial charge in [0.15, 0.2) is 0 Å². The first-order chi connectivity index (χ1) is 27.8. The maximum absolute atomic E-state index is 8.49. The molecule has 8 heterocycles. The molecule has 25 heteroatoms. The molecule has 8 rings (SSSR count). The summed E-state index contributed by atoms with van der Waals surface area (Å²) in [4.78, 5) is 34.9. The molecule has 4 aliphatic heterocycles. The Morgan fingerprint density at radius 1 is 0.458 bits per heavy atom. The first kappa shape index (κ1) is 50.3. The second kappa shape index (κ2) is 25.6. The Hall–Kier alpha value is -4.82. The maximum Gasteiger partial charge on any atom is 2.00 e. The molecule has 0 spiro atoms. The summed E-state index contributed by atoms with van der Waals surface area (Å²) in [7, 11) is -7.89. The zero-order valence-electron chi connectivity index (χ0n) is 31.1. The maximum atomic E-state index is 8.49. The number of aliphatic hydroxyl groups excluding tert-OH is 2. The number of rotatable bonds is 6. The first-order valence-electron chi connectivity index (χ1n) is 16.5. The molecule has 4 aromatic heterocycles. The first-order valence-corrected chi connectivity index (χ1v) is 19.0. The Balaban J connectivity index is 0.000000307. The monoisotopic (exact) mass is 906 g/mol. The molecule has 59 heavy (non-hydrogen) atoms. The molecule has 0 atom stereocenters. The van der Waals surface area contributed by atoms with Crippen LogP contribution >= 0.6 is 0 Å². The molecule has 0 aliphatic carbocycles. The van der Waals surface area contributed by atoms with Gasteiger partial charge in [-0.25, -0.2) is 67.2 Å². The van der Waals surface area contributed by atoms with Gasteiger partial charge in [-0.2, -0.15) is 0 Å². The van der Waals surface area contributed by atoms with Crippen LogP contribution in [0.15, 0.2) is 93.3 Å². The van der Waals surface area contributed by atoms with Gasteiger partial charge < -0.3 is 29.2 Å². The van der Waals surface area contributed by atoms with Gasteiger partial charge in [0.1, 0.15) is 49.2 Å². The van der Waals surface area contributed by atoms with E-state index in [0.29, 0.717) is 99.0 Å². The van der Waals surface area contributed by atoms with Crippen molar-refractivity contribution in [2.45, 2.75) is 0 Å². The van der Waals surface area contributed by atoms with Crippen LogP contribution in [-0.4, -0.2) is 121 Å². The standard InChI is InChI=1S/2C16H14N4O2.2CH4O.2ClHO4.Fe/c2*1-2-11(10-17-3-1)12-8-13(15-18-4-6-21-15)20-14(9-12)16-19-5-7-22-16;2*1-2;2*2-1(3,4)5;/h2*1-3,8-10H,4-7H2;2*2H,1H3;2*(H,2,3,4,5);/q;;;;;;+2/p-2. The van der Waals surface area contributed by atoms with Crippen molar-refractivity contribution in [1.82, 2.24) is 19.9 Å². The Bertz CT molecular complexity index is 1770. The van der Waals surface area contributed by atoms with Gasteiger partial charge in [0.2, 0.25) is 23.6 Å². The fourth-order valence-electron chi connectivity index (χ4n) is 4.86. The zero-order chi connectivity index (χ0) is 42.6. The summed E-state index contributed by atoms with van der Waals surface area (Å²) in [6, 6.07) is 15.7. The summed E-state index contributed by atoms with van der Waals surface area (Å²) in [5.74, 6) is 2.30. The molecule has 0 radical (unpaired) electrons. The second-order valence-electron chi connectivity index (χ2n) is 10.6. The smallest absolute Gasteiger partial charge is 0.474 e. The Kier molecular flexibility index (Phi) is 21.9. The van der Waals surface area contributed by atoms with Gasteiger partial charge >= 0.3 is 17.1 Å². The van der Waals surface area contributed by atoms with Gasteiger partial charge in [-0.3, -0.25) is 9.97 Å². The number of halogens is 2. The van der Waals surface area contributed by atoms with E-state index in [-0.39, 0.29) is 17.1 Å². The average molecular weight is 907 g/mol. The molecule has 4 aromatic rings. The van der Waals surface area contributed by atoms with Crippen LogP contribution < -0.4 is 37.3 Å². The fourth-order valence-corrected chi connectivity index (χ4v) is 4.86. The minimum atomic E-state index is -4.94. The average Bonchev–Trinajstić information content (AvgIpc) is 4.08. The van der Waals surface area contributed by atoms with Crippen LogP contribution in [0, 0.1) is 20.5 Å². The minimum Gasteiger partial charge on any atom is -0.474 e. The number of aromatic nitrogens is 4. The van der Waals surface area contributed by atoms with Crippen molar-refractivity contribution in [3.63, 3.8) is 0 Å². The SMILES string of the molecule is CO.CO.[Fe+2].[O-][Cl+3]([O-])([O-])[O-].[O-][Cl+3]([O-])([O-])[O-].c1cncc(-c2cc(C3=NCCO3)nc(C3=NCCO3)c2)c1.c1cncc(-c2cc(C3=NCCO3)nc(C3=NCCO3)c2)c1. The van der Waals surface area contributed by atoms with Crippen molar-refractivity contribution >= 4 is 23.6 Å². The number of aliphatic imine (C=N–C) groups is 4. The second-order valence-corrected chi connectivity index (χ2v) is 12.1. The van der Waals surface area contributed by atoms with Crippen LogP contribution in [0.5, 0.6) is 0 Å². The normalized spacial score (nSPS) is 14.7. The zero-order valence-corrected chi connectivity index (χ0v) is 33.7. The van der Waals surface area contributed by atoms with Gasteiger partial charge in [-0.05, 0) is 47.5 Å². The van der Waals surface area contributed by atoms with Gasteiger partial charge in [0.25, 0.3) is 0 Å². The van der Waals surface area contributed by atoms with Crippen LogP contribution in [0.2, 0.25) is 0 Å². The van der Waals surface area contributed by atoms with E-state index in [1.54, 1.807) is 12.4 Å². The Morgan fingerprint density at radius 3 is 0.898 bits per heavy atom. The summed E-state index contributed by atoms with van der Waals surface area (Å²) >= 11 is 0. The van der Waals surface area contributed by atoms with Crippen molar-refractivity contribution < 1.29 is 104 Å². The third-order valence-corrected chi connectivity index (χ3v) is 6.86. The van der Waals surface area contributed by atoms with Gasteiger partial charge in [0.05, 0.1) is 26.2 Å². The summed E-state index contributed by atoms with van der Waals surface area (Å²) in [6.45, 7) is 5.06. The Morgan fingerprint density at radius 2 is 0.712 bits per heavy atom. The summed E-state index contributed by atoms with van der Waals surface area (Å²) in [6.07, 6.45) is 7.14. The van der Waals surface area contributed by atoms with Crippen LogP contribution in [0.4, 0.5) is 0 Å². The third-order valence-electron chi connectivity index (χ3n) is 6.86. The van der Waals surface area contributed by atoms with Gasteiger partial charge in [-0.1, -0.05) is 12.1 Å². The van der Waals surface area contributed by atoms with Crippen molar-refractivity contribution in [1.29, 1.82) is 0 Å². The van der Waals surface area contributed by atoms with E-state index in [1.807, 2.05) is 60.9 Å². The molecule has 0 fully saturated rings. The van der Waals surface area contributed by atoms with Crippen LogP contribution in [-0.2, 0) is 36.0 Å². The number of ether oxygens (including phenoxy) is 4. The van der Waals surface area contributed by atoms with Crippen molar-refractivity contribution in [3.8, 4) is 22.3 Å². The molecule has 0 saturated heterocycles. The van der Waals surface area contributed by atoms with E-state index >= 15 is 0 Å². The third kappa shape index (κ3) is 18.3. The largest absolute Gasteiger partial charge is 2.00 e. The van der Waals surface area contributed by atoms with E-state index in [4.69, 9.17) is 66.4 Å². The topological polar surface area (TPSA) is 363 Å². The van der Waals surface area contributed by atoms with Gasteiger partial charge in [0, 0.05) is 50.1 Å². The molecule has 318 valence electrons. The molecule has 2 N–H and O–H groups in total. The number of hydrogen-bond acceptors (Lipinski definition) is 22. The van der Waals surface area contributed by atoms with Crippen LogP contribution in [0.1, 0.15) is 22.8 Å². The van der Waals surface area contributed by atoms with Crippen molar-refractivity contribution in [2.24, 2.45) is 20.0 Å². The van der Waals surface area contributed by atoms with E-state index in [9.17, 15) is 0 Å². The molecular formula is C34H36Cl2FeN8O14. The molecule has 22 nitrogen and oxygen atoms in total. The minimum absolute atomic E-state index is 0. The van der Waals surface area contributed by atoms with Crippen molar-refractivity contribution in [2.75, 3.05) is 66.8 Å². The summed E-state index contributed by atoms with van der Waals surface area (Å²) < 4.78 is 90.1. The molecule has 0 saturated carbocycles. The van der Waals surface area contributed by atoms with Crippen molar-refractivity contribution in [3.05, 3.63) is 96.1 Å². The Labute approximate surface area is 351 Å². The van der Waals surface area contributed by atoms with Gasteiger partial charge in [-0.15, -0.1) is 20.5 Å². The molecule has 4 aliphatic rings.